The average Bonchev–Trinajstić information content (AvgIpc) is 2.63. The second kappa shape index (κ2) is 7.92. The minimum absolute atomic E-state index is 0.00167. The molecule has 0 saturated carbocycles. The van der Waals surface area contributed by atoms with Crippen molar-refractivity contribution in [3.05, 3.63) is 58.7 Å². The number of ketones is 1. The third kappa shape index (κ3) is 3.91. The number of aryl methyl sites for hydroxylation is 2. The standard InChI is InChI=1S/C22H27NO3/c1-15-11-19(12-16(2)22(15)26-3)21(25)18-8-6-10-23(14-18)13-17-7-4-5-9-20(17)24/h4-5,7,9,11-12,18,24H,6,8,10,13-14H2,1-3H3. The summed E-state index contributed by atoms with van der Waals surface area (Å²) < 4.78 is 5.41. The van der Waals surface area contributed by atoms with Crippen LogP contribution in [0.2, 0.25) is 0 Å². The highest BCUT2D eigenvalue weighted by Crippen LogP contribution is 2.28. The Labute approximate surface area is 155 Å². The van der Waals surface area contributed by atoms with Crippen LogP contribution in [-0.4, -0.2) is 36.0 Å². The molecule has 1 heterocycles. The van der Waals surface area contributed by atoms with Gasteiger partial charge in [0, 0.05) is 30.1 Å². The van der Waals surface area contributed by atoms with Gasteiger partial charge in [0.1, 0.15) is 11.5 Å². The van der Waals surface area contributed by atoms with Gasteiger partial charge in [-0.2, -0.15) is 0 Å². The summed E-state index contributed by atoms with van der Waals surface area (Å²) in [6.45, 7) is 6.33. The van der Waals surface area contributed by atoms with Crippen LogP contribution in [0.5, 0.6) is 11.5 Å². The third-order valence-corrected chi connectivity index (χ3v) is 5.21. The Morgan fingerprint density at radius 3 is 2.58 bits per heavy atom. The summed E-state index contributed by atoms with van der Waals surface area (Å²) in [7, 11) is 1.66. The molecule has 1 unspecified atom stereocenters. The number of methoxy groups -OCH3 is 1. The van der Waals surface area contributed by atoms with Gasteiger partial charge in [0.15, 0.2) is 5.78 Å². The Kier molecular flexibility index (Phi) is 5.62. The van der Waals surface area contributed by atoms with Crippen LogP contribution in [0, 0.1) is 19.8 Å². The molecule has 1 N–H and O–H groups in total. The van der Waals surface area contributed by atoms with E-state index < -0.39 is 0 Å². The Hall–Kier alpha value is -2.33. The lowest BCUT2D eigenvalue weighted by molar-refractivity contribution is 0.0810. The van der Waals surface area contributed by atoms with Crippen LogP contribution >= 0.6 is 0 Å². The zero-order valence-electron chi connectivity index (χ0n) is 15.8. The van der Waals surface area contributed by atoms with Crippen LogP contribution < -0.4 is 4.74 Å². The first-order valence-corrected chi connectivity index (χ1v) is 9.18. The average molecular weight is 353 g/mol. The fourth-order valence-corrected chi connectivity index (χ4v) is 3.95. The maximum absolute atomic E-state index is 13.1. The molecule has 0 bridgehead atoms. The minimum Gasteiger partial charge on any atom is -0.508 e. The topological polar surface area (TPSA) is 49.8 Å². The number of para-hydroxylation sites is 1. The third-order valence-electron chi connectivity index (χ3n) is 5.21. The fourth-order valence-electron chi connectivity index (χ4n) is 3.95. The van der Waals surface area contributed by atoms with Gasteiger partial charge in [-0.3, -0.25) is 9.69 Å². The van der Waals surface area contributed by atoms with Crippen molar-refractivity contribution in [1.82, 2.24) is 4.90 Å². The number of piperidine rings is 1. The van der Waals surface area contributed by atoms with Crippen molar-refractivity contribution in [2.75, 3.05) is 20.2 Å². The van der Waals surface area contributed by atoms with Gasteiger partial charge in [-0.05, 0) is 62.6 Å². The first-order chi connectivity index (χ1) is 12.5. The van der Waals surface area contributed by atoms with Gasteiger partial charge in [-0.25, -0.2) is 0 Å². The SMILES string of the molecule is COc1c(C)cc(C(=O)C2CCCN(Cc3ccccc3O)C2)cc1C. The molecule has 1 saturated heterocycles. The summed E-state index contributed by atoms with van der Waals surface area (Å²) in [5.41, 5.74) is 3.68. The van der Waals surface area contributed by atoms with E-state index in [0.717, 1.165) is 53.9 Å². The van der Waals surface area contributed by atoms with Crippen LogP contribution in [0.25, 0.3) is 0 Å². The van der Waals surface area contributed by atoms with E-state index in [4.69, 9.17) is 4.74 Å². The molecule has 0 spiro atoms. The lowest BCUT2D eigenvalue weighted by Gasteiger charge is -2.32. The lowest BCUT2D eigenvalue weighted by Crippen LogP contribution is -2.38. The van der Waals surface area contributed by atoms with Crippen LogP contribution in [0.3, 0.4) is 0 Å². The lowest BCUT2D eigenvalue weighted by atomic mass is 9.88. The van der Waals surface area contributed by atoms with Crippen molar-refractivity contribution in [3.63, 3.8) is 0 Å². The highest BCUT2D eigenvalue weighted by molar-refractivity contribution is 5.98. The number of benzene rings is 2. The normalized spacial score (nSPS) is 17.9. The molecular formula is C22H27NO3. The van der Waals surface area contributed by atoms with Crippen LogP contribution in [-0.2, 0) is 6.54 Å². The van der Waals surface area contributed by atoms with E-state index in [-0.39, 0.29) is 11.7 Å². The maximum Gasteiger partial charge on any atom is 0.167 e. The van der Waals surface area contributed by atoms with Gasteiger partial charge < -0.3 is 9.84 Å². The smallest absolute Gasteiger partial charge is 0.167 e. The molecule has 1 fully saturated rings. The molecule has 26 heavy (non-hydrogen) atoms. The molecule has 0 aromatic heterocycles. The van der Waals surface area contributed by atoms with Gasteiger partial charge in [0.2, 0.25) is 0 Å². The number of hydrogen-bond acceptors (Lipinski definition) is 4. The number of hydrogen-bond donors (Lipinski definition) is 1. The maximum atomic E-state index is 13.1. The summed E-state index contributed by atoms with van der Waals surface area (Å²) in [5, 5.41) is 10.00. The minimum atomic E-state index is 0.00167. The number of aromatic hydroxyl groups is 1. The molecule has 1 aliphatic heterocycles. The predicted molar refractivity (Wildman–Crippen MR) is 103 cm³/mol. The summed E-state index contributed by atoms with van der Waals surface area (Å²) in [5.74, 6) is 1.39. The molecule has 138 valence electrons. The van der Waals surface area contributed by atoms with E-state index in [1.165, 1.54) is 0 Å². The van der Waals surface area contributed by atoms with Gasteiger partial charge in [-0.15, -0.1) is 0 Å². The van der Waals surface area contributed by atoms with Gasteiger partial charge in [0.25, 0.3) is 0 Å². The quantitative estimate of drug-likeness (QED) is 0.822. The van der Waals surface area contributed by atoms with Crippen LogP contribution in [0.15, 0.2) is 36.4 Å². The second-order valence-electron chi connectivity index (χ2n) is 7.21. The molecule has 3 rings (SSSR count). The van der Waals surface area contributed by atoms with Crippen molar-refractivity contribution >= 4 is 5.78 Å². The largest absolute Gasteiger partial charge is 0.508 e. The highest BCUT2D eigenvalue weighted by atomic mass is 16.5. The van der Waals surface area contributed by atoms with Crippen molar-refractivity contribution in [2.24, 2.45) is 5.92 Å². The zero-order chi connectivity index (χ0) is 18.7. The number of likely N-dealkylation sites (tertiary alicyclic amines) is 1. The second-order valence-corrected chi connectivity index (χ2v) is 7.21. The van der Waals surface area contributed by atoms with Gasteiger partial charge in [-0.1, -0.05) is 18.2 Å². The zero-order valence-corrected chi connectivity index (χ0v) is 15.8. The molecular weight excluding hydrogens is 326 g/mol. The predicted octanol–water partition coefficient (Wildman–Crippen LogP) is 4.11. The molecule has 0 radical (unpaired) electrons. The van der Waals surface area contributed by atoms with Crippen molar-refractivity contribution in [1.29, 1.82) is 0 Å². The number of phenolic OH excluding ortho intramolecular Hbond substituents is 1. The Bertz CT molecular complexity index is 777. The molecule has 4 nitrogen and oxygen atoms in total. The van der Waals surface area contributed by atoms with Crippen molar-refractivity contribution in [3.8, 4) is 11.5 Å². The summed E-state index contributed by atoms with van der Waals surface area (Å²) in [4.78, 5) is 15.3. The molecule has 1 aliphatic rings. The number of nitrogens with zero attached hydrogens (tertiary/aromatic N) is 1. The number of carbonyl (C=O) groups is 1. The molecule has 4 heteroatoms. The first-order valence-electron chi connectivity index (χ1n) is 9.18. The highest BCUT2D eigenvalue weighted by Gasteiger charge is 2.27. The molecule has 0 amide bonds. The summed E-state index contributed by atoms with van der Waals surface area (Å²) >= 11 is 0. The molecule has 2 aromatic carbocycles. The number of ether oxygens (including phenoxy) is 1. The summed E-state index contributed by atoms with van der Waals surface area (Å²) in [6, 6.07) is 11.3. The molecule has 0 aliphatic carbocycles. The van der Waals surface area contributed by atoms with E-state index in [2.05, 4.69) is 4.90 Å². The van der Waals surface area contributed by atoms with E-state index in [0.29, 0.717) is 12.3 Å². The van der Waals surface area contributed by atoms with Crippen molar-refractivity contribution in [2.45, 2.75) is 33.2 Å². The van der Waals surface area contributed by atoms with E-state index in [9.17, 15) is 9.90 Å². The van der Waals surface area contributed by atoms with Gasteiger partial charge >= 0.3 is 0 Å². The Balaban J connectivity index is 1.73. The van der Waals surface area contributed by atoms with E-state index >= 15 is 0 Å². The number of rotatable bonds is 5. The number of phenols is 1. The Morgan fingerprint density at radius 2 is 1.92 bits per heavy atom. The van der Waals surface area contributed by atoms with Crippen LogP contribution in [0.4, 0.5) is 0 Å². The molecule has 2 aromatic rings. The summed E-state index contributed by atoms with van der Waals surface area (Å²) in [6.07, 6.45) is 1.92. The van der Waals surface area contributed by atoms with Crippen LogP contribution in [0.1, 0.15) is 39.9 Å². The first kappa shape index (κ1) is 18.5. The molecule has 1 atom stereocenters. The fraction of sp³-hybridized carbons (Fsp3) is 0.409. The van der Waals surface area contributed by atoms with Gasteiger partial charge in [0.05, 0.1) is 7.11 Å². The van der Waals surface area contributed by atoms with E-state index in [1.807, 2.05) is 44.2 Å². The monoisotopic (exact) mass is 353 g/mol. The number of Topliss-reactive ketones (excluding diaryl/α,β-unsaturated/α-hetero) is 1. The van der Waals surface area contributed by atoms with Crippen molar-refractivity contribution < 1.29 is 14.6 Å². The number of carbonyl (C=O) groups excluding carboxylic acids is 1. The Morgan fingerprint density at radius 1 is 1.23 bits per heavy atom. The van der Waals surface area contributed by atoms with E-state index in [1.54, 1.807) is 13.2 Å².